The fraction of sp³-hybridized carbons (Fsp3) is 0.222. The molecule has 0 atom stereocenters. The van der Waals surface area contributed by atoms with Crippen molar-refractivity contribution in [3.63, 3.8) is 0 Å². The van der Waals surface area contributed by atoms with Gasteiger partial charge in [0.05, 0.1) is 5.69 Å². The van der Waals surface area contributed by atoms with Crippen LogP contribution in [0.5, 0.6) is 0 Å². The second kappa shape index (κ2) is 4.18. The SMILES string of the molecule is CN(C)C(=S)Nc1ccccc1F. The minimum atomic E-state index is -0.299. The van der Waals surface area contributed by atoms with Crippen LogP contribution in [0.15, 0.2) is 24.3 Å². The highest BCUT2D eigenvalue weighted by molar-refractivity contribution is 7.80. The number of anilines is 1. The average Bonchev–Trinajstić information content (AvgIpc) is 2.08. The predicted octanol–water partition coefficient (Wildman–Crippen LogP) is 2.08. The number of thiocarbonyl (C=S) groups is 1. The van der Waals surface area contributed by atoms with Gasteiger partial charge in [-0.25, -0.2) is 4.39 Å². The maximum Gasteiger partial charge on any atom is 0.172 e. The van der Waals surface area contributed by atoms with Crippen molar-refractivity contribution in [1.29, 1.82) is 0 Å². The van der Waals surface area contributed by atoms with Crippen LogP contribution in [-0.4, -0.2) is 24.1 Å². The van der Waals surface area contributed by atoms with Gasteiger partial charge in [-0.1, -0.05) is 12.1 Å². The second-order valence-electron chi connectivity index (χ2n) is 2.80. The van der Waals surface area contributed by atoms with Crippen LogP contribution < -0.4 is 5.32 Å². The van der Waals surface area contributed by atoms with Crippen LogP contribution in [-0.2, 0) is 0 Å². The predicted molar refractivity (Wildman–Crippen MR) is 56.3 cm³/mol. The van der Waals surface area contributed by atoms with Gasteiger partial charge in [-0.2, -0.15) is 0 Å². The van der Waals surface area contributed by atoms with Crippen molar-refractivity contribution in [2.45, 2.75) is 0 Å². The topological polar surface area (TPSA) is 15.3 Å². The van der Waals surface area contributed by atoms with E-state index in [-0.39, 0.29) is 5.82 Å². The number of benzene rings is 1. The van der Waals surface area contributed by atoms with Gasteiger partial charge in [0.15, 0.2) is 5.11 Å². The van der Waals surface area contributed by atoms with E-state index in [1.807, 2.05) is 0 Å². The molecule has 0 fully saturated rings. The monoisotopic (exact) mass is 198 g/mol. The van der Waals surface area contributed by atoms with E-state index in [2.05, 4.69) is 5.32 Å². The second-order valence-corrected chi connectivity index (χ2v) is 3.19. The van der Waals surface area contributed by atoms with Crippen LogP contribution in [0.1, 0.15) is 0 Å². The normalized spacial score (nSPS) is 9.46. The summed E-state index contributed by atoms with van der Waals surface area (Å²) >= 11 is 4.97. The average molecular weight is 198 g/mol. The van der Waals surface area contributed by atoms with E-state index >= 15 is 0 Å². The smallest absolute Gasteiger partial charge is 0.172 e. The van der Waals surface area contributed by atoms with E-state index in [9.17, 15) is 4.39 Å². The molecule has 1 aromatic rings. The van der Waals surface area contributed by atoms with Crippen molar-refractivity contribution >= 4 is 23.0 Å². The quantitative estimate of drug-likeness (QED) is 0.695. The minimum Gasteiger partial charge on any atom is -0.355 e. The van der Waals surface area contributed by atoms with Crippen LogP contribution in [0.25, 0.3) is 0 Å². The Labute approximate surface area is 82.4 Å². The molecule has 0 heterocycles. The van der Waals surface area contributed by atoms with E-state index in [1.54, 1.807) is 37.2 Å². The zero-order valence-corrected chi connectivity index (χ0v) is 8.36. The van der Waals surface area contributed by atoms with Crippen LogP contribution >= 0.6 is 12.2 Å². The molecule has 1 aromatic carbocycles. The van der Waals surface area contributed by atoms with Gasteiger partial charge in [0.1, 0.15) is 5.82 Å². The Balaban J connectivity index is 2.75. The molecule has 0 radical (unpaired) electrons. The third-order valence-corrected chi connectivity index (χ3v) is 1.99. The molecule has 0 aliphatic rings. The first kappa shape index (κ1) is 9.92. The molecule has 0 amide bonds. The summed E-state index contributed by atoms with van der Waals surface area (Å²) in [5, 5.41) is 3.28. The first-order valence-electron chi connectivity index (χ1n) is 3.84. The summed E-state index contributed by atoms with van der Waals surface area (Å²) in [6.07, 6.45) is 0. The molecule has 1 rings (SSSR count). The van der Waals surface area contributed by atoms with Crippen molar-refractivity contribution < 1.29 is 4.39 Å². The maximum absolute atomic E-state index is 13.1. The van der Waals surface area contributed by atoms with Crippen molar-refractivity contribution in [3.8, 4) is 0 Å². The van der Waals surface area contributed by atoms with E-state index in [1.165, 1.54) is 6.07 Å². The summed E-state index contributed by atoms with van der Waals surface area (Å²) in [5.74, 6) is -0.299. The summed E-state index contributed by atoms with van der Waals surface area (Å²) in [5.41, 5.74) is 0.404. The van der Waals surface area contributed by atoms with Crippen LogP contribution in [0, 0.1) is 5.82 Å². The molecule has 0 aromatic heterocycles. The largest absolute Gasteiger partial charge is 0.355 e. The standard InChI is InChI=1S/C9H11FN2S/c1-12(2)9(13)11-8-6-4-3-5-7(8)10/h3-6H,1-2H3,(H,11,13). The van der Waals surface area contributed by atoms with Gasteiger partial charge >= 0.3 is 0 Å². The summed E-state index contributed by atoms with van der Waals surface area (Å²) in [6.45, 7) is 0. The van der Waals surface area contributed by atoms with E-state index in [4.69, 9.17) is 12.2 Å². The van der Waals surface area contributed by atoms with Gasteiger partial charge in [-0.15, -0.1) is 0 Å². The molecule has 0 unspecified atom stereocenters. The van der Waals surface area contributed by atoms with Gasteiger partial charge in [0.25, 0.3) is 0 Å². The van der Waals surface area contributed by atoms with E-state index in [0.717, 1.165) is 0 Å². The number of nitrogens with zero attached hydrogens (tertiary/aromatic N) is 1. The zero-order chi connectivity index (χ0) is 9.84. The molecular weight excluding hydrogens is 187 g/mol. The molecule has 2 nitrogen and oxygen atoms in total. The Bertz CT molecular complexity index is 312. The highest BCUT2D eigenvalue weighted by atomic mass is 32.1. The summed E-state index contributed by atoms with van der Waals surface area (Å²) in [4.78, 5) is 1.71. The summed E-state index contributed by atoms with van der Waals surface area (Å²) in [6, 6.07) is 6.43. The molecule has 0 aliphatic carbocycles. The molecule has 0 spiro atoms. The maximum atomic E-state index is 13.1. The third kappa shape index (κ3) is 2.66. The Hall–Kier alpha value is -1.16. The van der Waals surface area contributed by atoms with Gasteiger partial charge in [-0.3, -0.25) is 0 Å². The number of hydrogen-bond acceptors (Lipinski definition) is 1. The van der Waals surface area contributed by atoms with Crippen molar-refractivity contribution in [3.05, 3.63) is 30.1 Å². The molecule has 0 saturated heterocycles. The van der Waals surface area contributed by atoms with Crippen LogP contribution in [0.2, 0.25) is 0 Å². The number of halogens is 1. The van der Waals surface area contributed by atoms with Gasteiger partial charge in [0.2, 0.25) is 0 Å². The molecule has 1 N–H and O–H groups in total. The van der Waals surface area contributed by atoms with Gasteiger partial charge in [0, 0.05) is 14.1 Å². The molecular formula is C9H11FN2S. The minimum absolute atomic E-state index is 0.299. The number of nitrogens with one attached hydrogen (secondary N) is 1. The number of hydrogen-bond donors (Lipinski definition) is 1. The van der Waals surface area contributed by atoms with Crippen molar-refractivity contribution in [1.82, 2.24) is 4.90 Å². The molecule has 0 saturated carbocycles. The summed E-state index contributed by atoms with van der Waals surface area (Å²) in [7, 11) is 3.60. The summed E-state index contributed by atoms with van der Waals surface area (Å²) < 4.78 is 13.1. The van der Waals surface area contributed by atoms with Crippen molar-refractivity contribution in [2.75, 3.05) is 19.4 Å². The molecule has 0 aliphatic heterocycles. The Morgan fingerprint density at radius 2 is 2.00 bits per heavy atom. The third-order valence-electron chi connectivity index (χ3n) is 1.52. The first-order valence-corrected chi connectivity index (χ1v) is 4.25. The Morgan fingerprint density at radius 1 is 1.38 bits per heavy atom. The molecule has 0 bridgehead atoms. The van der Waals surface area contributed by atoms with Gasteiger partial charge in [-0.05, 0) is 24.4 Å². The van der Waals surface area contributed by atoms with Crippen LogP contribution in [0.4, 0.5) is 10.1 Å². The lowest BCUT2D eigenvalue weighted by molar-refractivity contribution is 0.622. The number of rotatable bonds is 1. The van der Waals surface area contributed by atoms with E-state index < -0.39 is 0 Å². The Morgan fingerprint density at radius 3 is 2.54 bits per heavy atom. The lowest BCUT2D eigenvalue weighted by Gasteiger charge is -2.15. The lowest BCUT2D eigenvalue weighted by Crippen LogP contribution is -2.27. The molecule has 4 heteroatoms. The number of para-hydroxylation sites is 1. The highest BCUT2D eigenvalue weighted by Crippen LogP contribution is 2.12. The fourth-order valence-corrected chi connectivity index (χ4v) is 0.900. The molecule has 13 heavy (non-hydrogen) atoms. The van der Waals surface area contributed by atoms with Crippen molar-refractivity contribution in [2.24, 2.45) is 0 Å². The first-order chi connectivity index (χ1) is 6.11. The van der Waals surface area contributed by atoms with Gasteiger partial charge < -0.3 is 10.2 Å². The van der Waals surface area contributed by atoms with Crippen LogP contribution in [0.3, 0.4) is 0 Å². The Kier molecular flexibility index (Phi) is 3.19. The fourth-order valence-electron chi connectivity index (χ4n) is 0.790. The highest BCUT2D eigenvalue weighted by Gasteiger charge is 2.03. The molecule has 70 valence electrons. The zero-order valence-electron chi connectivity index (χ0n) is 7.54. The lowest BCUT2D eigenvalue weighted by atomic mass is 10.3. The van der Waals surface area contributed by atoms with E-state index in [0.29, 0.717) is 10.8 Å².